The number of allylic oxidation sites excluding steroid dienone is 2. The number of carbonyl (C=O) groups is 1. The molecule has 0 N–H and O–H groups in total. The van der Waals surface area contributed by atoms with Gasteiger partial charge in [-0.25, -0.2) is 0 Å². The number of rotatable bonds is 2. The van der Waals surface area contributed by atoms with E-state index in [1.807, 2.05) is 12.2 Å². The summed E-state index contributed by atoms with van der Waals surface area (Å²) in [4.78, 5) is 16.1. The maximum atomic E-state index is 11.6. The second-order valence-corrected chi connectivity index (χ2v) is 5.52. The highest BCUT2D eigenvalue weighted by atomic mass is 32.2. The quantitative estimate of drug-likeness (QED) is 0.555. The van der Waals surface area contributed by atoms with Gasteiger partial charge in [0.15, 0.2) is 0 Å². The molecule has 2 heterocycles. The van der Waals surface area contributed by atoms with Crippen LogP contribution in [0.5, 0.6) is 0 Å². The largest absolute Gasteiger partial charge is 0.377 e. The highest BCUT2D eigenvalue weighted by Crippen LogP contribution is 2.29. The van der Waals surface area contributed by atoms with E-state index in [1.54, 1.807) is 7.05 Å². The van der Waals surface area contributed by atoms with Crippen LogP contribution in [0.3, 0.4) is 0 Å². The molecule has 1 amide bonds. The van der Waals surface area contributed by atoms with Crippen LogP contribution in [-0.2, 0) is 4.79 Å². The van der Waals surface area contributed by atoms with Gasteiger partial charge in [-0.1, -0.05) is 24.0 Å². The minimum absolute atomic E-state index is 0.000993. The Labute approximate surface area is 105 Å². The van der Waals surface area contributed by atoms with E-state index in [1.165, 1.54) is 29.5 Å². The van der Waals surface area contributed by atoms with E-state index in [0.717, 1.165) is 13.1 Å². The molecule has 0 saturated carbocycles. The lowest BCUT2D eigenvalue weighted by Gasteiger charge is -2.08. The summed E-state index contributed by atoms with van der Waals surface area (Å²) in [6, 6.07) is 0. The van der Waals surface area contributed by atoms with Gasteiger partial charge in [0, 0.05) is 20.1 Å². The fourth-order valence-electron chi connectivity index (χ4n) is 1.70. The normalized spacial score (nSPS) is 24.4. The number of thiocarbonyl (C=S) groups is 1. The summed E-state index contributed by atoms with van der Waals surface area (Å²) in [7, 11) is 1.71. The van der Waals surface area contributed by atoms with E-state index in [-0.39, 0.29) is 5.91 Å². The number of hydrogen-bond acceptors (Lipinski definition) is 4. The monoisotopic (exact) mass is 254 g/mol. The van der Waals surface area contributed by atoms with Crippen LogP contribution < -0.4 is 0 Å². The number of amides is 1. The zero-order valence-corrected chi connectivity index (χ0v) is 10.8. The standard InChI is InChI=1S/C11H14N2OS2/c1-12-10(14)9(16-11(12)15)5-4-8-13-6-2-3-7-13/h4-5,8H,2-3,6-7H2,1H3/b8-4+,9-5+. The molecule has 0 spiro atoms. The van der Waals surface area contributed by atoms with Crippen LogP contribution in [-0.4, -0.2) is 40.2 Å². The summed E-state index contributed by atoms with van der Waals surface area (Å²) in [6.07, 6.45) is 8.37. The van der Waals surface area contributed by atoms with Crippen molar-refractivity contribution in [3.8, 4) is 0 Å². The third kappa shape index (κ3) is 2.47. The van der Waals surface area contributed by atoms with Gasteiger partial charge in [0.1, 0.15) is 4.32 Å². The van der Waals surface area contributed by atoms with Crippen LogP contribution in [0.2, 0.25) is 0 Å². The van der Waals surface area contributed by atoms with Crippen molar-refractivity contribution < 1.29 is 4.79 Å². The molecule has 0 atom stereocenters. The van der Waals surface area contributed by atoms with E-state index >= 15 is 0 Å². The second kappa shape index (κ2) is 5.01. The molecule has 2 rings (SSSR count). The third-order valence-corrected chi connectivity index (χ3v) is 4.17. The van der Waals surface area contributed by atoms with Crippen molar-refractivity contribution in [2.45, 2.75) is 12.8 Å². The lowest BCUT2D eigenvalue weighted by Crippen LogP contribution is -2.22. The van der Waals surface area contributed by atoms with Crippen molar-refractivity contribution in [1.82, 2.24) is 9.80 Å². The molecule has 2 fully saturated rings. The average molecular weight is 254 g/mol. The fraction of sp³-hybridized carbons (Fsp3) is 0.455. The van der Waals surface area contributed by atoms with Crippen LogP contribution in [0.1, 0.15) is 12.8 Å². The first-order valence-electron chi connectivity index (χ1n) is 5.31. The van der Waals surface area contributed by atoms with Crippen LogP contribution in [0, 0.1) is 0 Å². The minimum Gasteiger partial charge on any atom is -0.377 e. The number of likely N-dealkylation sites (tertiary alicyclic amines) is 1. The van der Waals surface area contributed by atoms with Crippen LogP contribution >= 0.6 is 24.0 Å². The Morgan fingerprint density at radius 2 is 2.06 bits per heavy atom. The summed E-state index contributed by atoms with van der Waals surface area (Å²) in [6.45, 7) is 2.25. The van der Waals surface area contributed by atoms with Gasteiger partial charge in [-0.15, -0.1) is 0 Å². The Bertz CT molecular complexity index is 370. The number of nitrogens with zero attached hydrogens (tertiary/aromatic N) is 2. The predicted octanol–water partition coefficient (Wildman–Crippen LogP) is 1.97. The Morgan fingerprint density at radius 3 is 2.62 bits per heavy atom. The van der Waals surface area contributed by atoms with Crippen molar-refractivity contribution in [2.24, 2.45) is 0 Å². The average Bonchev–Trinajstić information content (AvgIpc) is 2.85. The maximum Gasteiger partial charge on any atom is 0.265 e. The first-order chi connectivity index (χ1) is 7.68. The second-order valence-electron chi connectivity index (χ2n) is 3.85. The number of thioether (sulfide) groups is 1. The Kier molecular flexibility index (Phi) is 3.66. The summed E-state index contributed by atoms with van der Waals surface area (Å²) >= 11 is 6.41. The van der Waals surface area contributed by atoms with E-state index < -0.39 is 0 Å². The molecule has 0 aromatic heterocycles. The molecule has 0 bridgehead atoms. The van der Waals surface area contributed by atoms with Crippen molar-refractivity contribution in [2.75, 3.05) is 20.1 Å². The molecular formula is C11H14N2OS2. The lowest BCUT2D eigenvalue weighted by atomic mass is 10.4. The Hall–Kier alpha value is -0.810. The van der Waals surface area contributed by atoms with Crippen molar-refractivity contribution >= 4 is 34.2 Å². The number of carbonyl (C=O) groups excluding carboxylic acids is 1. The molecule has 0 aliphatic carbocycles. The van der Waals surface area contributed by atoms with E-state index in [0.29, 0.717) is 9.23 Å². The van der Waals surface area contributed by atoms with Crippen LogP contribution in [0.25, 0.3) is 0 Å². The molecule has 2 aliphatic rings. The van der Waals surface area contributed by atoms with Crippen molar-refractivity contribution in [1.29, 1.82) is 0 Å². The van der Waals surface area contributed by atoms with Crippen molar-refractivity contribution in [3.05, 3.63) is 23.3 Å². The third-order valence-electron chi connectivity index (χ3n) is 2.67. The van der Waals surface area contributed by atoms with Gasteiger partial charge in [0.05, 0.1) is 4.91 Å². The Balaban J connectivity index is 1.97. The smallest absolute Gasteiger partial charge is 0.265 e. The minimum atomic E-state index is 0.000993. The first-order valence-corrected chi connectivity index (χ1v) is 6.53. The van der Waals surface area contributed by atoms with Crippen molar-refractivity contribution in [3.63, 3.8) is 0 Å². The highest BCUT2D eigenvalue weighted by Gasteiger charge is 2.27. The Morgan fingerprint density at radius 1 is 1.38 bits per heavy atom. The van der Waals surface area contributed by atoms with Crippen LogP contribution in [0.4, 0.5) is 0 Å². The van der Waals surface area contributed by atoms with E-state index in [9.17, 15) is 4.79 Å². The molecule has 0 radical (unpaired) electrons. The van der Waals surface area contributed by atoms with Gasteiger partial charge in [-0.3, -0.25) is 9.69 Å². The molecule has 5 heteroatoms. The van der Waals surface area contributed by atoms with Gasteiger partial charge in [0.2, 0.25) is 0 Å². The summed E-state index contributed by atoms with van der Waals surface area (Å²) in [5.41, 5.74) is 0. The SMILES string of the molecule is CN1C(=O)/C(=C\C=C\N2CCCC2)SC1=S. The first kappa shape index (κ1) is 11.7. The topological polar surface area (TPSA) is 23.6 Å². The molecule has 86 valence electrons. The summed E-state index contributed by atoms with van der Waals surface area (Å²) in [5.74, 6) is 0.000993. The zero-order valence-electron chi connectivity index (χ0n) is 9.18. The molecule has 2 saturated heterocycles. The van der Waals surface area contributed by atoms with Gasteiger partial charge in [0.25, 0.3) is 5.91 Å². The van der Waals surface area contributed by atoms with Gasteiger partial charge >= 0.3 is 0 Å². The molecule has 2 aliphatic heterocycles. The predicted molar refractivity (Wildman–Crippen MR) is 71.0 cm³/mol. The molecule has 0 aromatic carbocycles. The molecular weight excluding hydrogens is 240 g/mol. The molecule has 0 aromatic rings. The zero-order chi connectivity index (χ0) is 11.5. The molecule has 16 heavy (non-hydrogen) atoms. The maximum absolute atomic E-state index is 11.6. The van der Waals surface area contributed by atoms with E-state index in [4.69, 9.17) is 12.2 Å². The fourth-order valence-corrected chi connectivity index (χ4v) is 2.83. The summed E-state index contributed by atoms with van der Waals surface area (Å²) < 4.78 is 0.630. The molecule has 0 unspecified atom stereocenters. The summed E-state index contributed by atoms with van der Waals surface area (Å²) in [5, 5.41) is 0. The number of likely N-dealkylation sites (N-methyl/N-ethyl adjacent to an activating group) is 1. The van der Waals surface area contributed by atoms with E-state index in [2.05, 4.69) is 11.1 Å². The molecule has 3 nitrogen and oxygen atoms in total. The highest BCUT2D eigenvalue weighted by molar-refractivity contribution is 8.26. The van der Waals surface area contributed by atoms with Gasteiger partial charge < -0.3 is 4.90 Å². The number of hydrogen-bond donors (Lipinski definition) is 0. The van der Waals surface area contributed by atoms with Crippen LogP contribution in [0.15, 0.2) is 23.3 Å². The van der Waals surface area contributed by atoms with Gasteiger partial charge in [-0.2, -0.15) is 0 Å². The lowest BCUT2D eigenvalue weighted by molar-refractivity contribution is -0.121. The van der Waals surface area contributed by atoms with Gasteiger partial charge in [-0.05, 0) is 31.2 Å².